The third-order valence-corrected chi connectivity index (χ3v) is 14.0. The molecule has 1 aromatic heterocycles. The van der Waals surface area contributed by atoms with Crippen LogP contribution < -0.4 is 5.32 Å². The number of aromatic nitrogens is 1. The van der Waals surface area contributed by atoms with Crippen LogP contribution in [0.1, 0.15) is 45.9 Å². The summed E-state index contributed by atoms with van der Waals surface area (Å²) >= 11 is 1.88. The van der Waals surface area contributed by atoms with Gasteiger partial charge < -0.3 is 0 Å². The fourth-order valence-corrected chi connectivity index (χ4v) is 11.4. The third-order valence-electron chi connectivity index (χ3n) is 12.9. The Morgan fingerprint density at radius 3 is 2.18 bits per heavy atom. The molecule has 1 spiro atoms. The smallest absolute Gasteiger partial charge is 0.0860 e. The predicted molar refractivity (Wildman–Crippen MR) is 235 cm³/mol. The van der Waals surface area contributed by atoms with E-state index in [4.69, 9.17) is 4.99 Å². The van der Waals surface area contributed by atoms with Crippen LogP contribution >= 0.6 is 11.8 Å². The molecule has 1 saturated heterocycles. The van der Waals surface area contributed by atoms with Gasteiger partial charge in [-0.1, -0.05) is 145 Å². The van der Waals surface area contributed by atoms with Crippen LogP contribution in [-0.4, -0.2) is 16.7 Å². The van der Waals surface area contributed by atoms with E-state index in [1.54, 1.807) is 0 Å². The fourth-order valence-electron chi connectivity index (χ4n) is 10.3. The Hall–Kier alpha value is -6.33. The van der Waals surface area contributed by atoms with Gasteiger partial charge >= 0.3 is 0 Å². The number of nitrogens with one attached hydrogen (secondary N) is 1. The summed E-state index contributed by atoms with van der Waals surface area (Å²) in [6.07, 6.45) is 6.28. The van der Waals surface area contributed by atoms with Crippen LogP contribution in [0.2, 0.25) is 0 Å². The van der Waals surface area contributed by atoms with Gasteiger partial charge in [-0.15, -0.1) is 0 Å². The zero-order valence-corrected chi connectivity index (χ0v) is 32.4. The van der Waals surface area contributed by atoms with Crippen molar-refractivity contribution in [2.24, 2.45) is 4.99 Å². The Morgan fingerprint density at radius 1 is 0.579 bits per heavy atom. The molecule has 2 unspecified atom stereocenters. The van der Waals surface area contributed by atoms with Crippen molar-refractivity contribution in [1.82, 2.24) is 10.3 Å². The highest BCUT2D eigenvalue weighted by Gasteiger charge is 2.57. The van der Waals surface area contributed by atoms with E-state index < -0.39 is 5.41 Å². The molecule has 4 heteroatoms. The molecule has 4 aliphatic rings. The van der Waals surface area contributed by atoms with Gasteiger partial charge in [0.2, 0.25) is 0 Å². The lowest BCUT2D eigenvalue weighted by molar-refractivity contribution is 0.722. The van der Waals surface area contributed by atoms with Crippen molar-refractivity contribution < 1.29 is 0 Å². The zero-order chi connectivity index (χ0) is 37.9. The first-order valence-electron chi connectivity index (χ1n) is 19.8. The molecule has 1 aliphatic carbocycles. The first kappa shape index (κ1) is 32.9. The molecule has 0 amide bonds. The lowest BCUT2D eigenvalue weighted by atomic mass is 9.67. The molecule has 1 fully saturated rings. The van der Waals surface area contributed by atoms with E-state index in [-0.39, 0.29) is 11.6 Å². The first-order valence-corrected chi connectivity index (χ1v) is 20.6. The highest BCUT2D eigenvalue weighted by Crippen LogP contribution is 2.64. The maximum Gasteiger partial charge on any atom is 0.0860 e. The molecule has 12 rings (SSSR count). The summed E-state index contributed by atoms with van der Waals surface area (Å²) in [4.78, 5) is 12.3. The minimum Gasteiger partial charge on any atom is -0.292 e. The lowest BCUT2D eigenvalue weighted by Gasteiger charge is -2.40. The number of benzene rings is 7. The molecule has 4 heterocycles. The number of nitrogens with zero attached hydrogens (tertiary/aromatic N) is 2. The van der Waals surface area contributed by atoms with Gasteiger partial charge in [0.15, 0.2) is 0 Å². The number of hydrogen-bond donors (Lipinski definition) is 1. The minimum absolute atomic E-state index is 0.180. The van der Waals surface area contributed by atoms with Crippen molar-refractivity contribution in [3.63, 3.8) is 0 Å². The molecule has 3 aliphatic heterocycles. The van der Waals surface area contributed by atoms with Crippen LogP contribution in [-0.2, 0) is 11.0 Å². The second-order valence-corrected chi connectivity index (χ2v) is 16.9. The van der Waals surface area contributed by atoms with Crippen LogP contribution in [0.3, 0.4) is 0 Å². The third kappa shape index (κ3) is 4.60. The molecule has 3 nitrogen and oxygen atoms in total. The van der Waals surface area contributed by atoms with Gasteiger partial charge in [-0.3, -0.25) is 15.3 Å². The summed E-state index contributed by atoms with van der Waals surface area (Å²) < 4.78 is 0. The number of aryl methyl sites for hydroxylation is 1. The summed E-state index contributed by atoms with van der Waals surface area (Å²) in [5.74, 6) is 0. The van der Waals surface area contributed by atoms with Crippen LogP contribution in [0.5, 0.6) is 0 Å². The molecule has 270 valence electrons. The summed E-state index contributed by atoms with van der Waals surface area (Å²) in [7, 11) is 0. The minimum atomic E-state index is -0.500. The average Bonchev–Trinajstić information content (AvgIpc) is 3.95. The molecule has 7 aromatic carbocycles. The van der Waals surface area contributed by atoms with Gasteiger partial charge in [-0.05, 0) is 122 Å². The van der Waals surface area contributed by atoms with Gasteiger partial charge in [0, 0.05) is 33.5 Å². The summed E-state index contributed by atoms with van der Waals surface area (Å²) in [5.41, 5.74) is 17.8. The van der Waals surface area contributed by atoms with Crippen molar-refractivity contribution in [3.05, 3.63) is 215 Å². The number of hydrogen-bond acceptors (Lipinski definition) is 4. The monoisotopic (exact) mass is 747 g/mol. The van der Waals surface area contributed by atoms with E-state index in [0.29, 0.717) is 0 Å². The first-order chi connectivity index (χ1) is 28.0. The summed E-state index contributed by atoms with van der Waals surface area (Å²) in [6.45, 7) is 4.34. The molecule has 3 atom stereocenters. The van der Waals surface area contributed by atoms with Gasteiger partial charge in [0.05, 0.1) is 22.7 Å². The number of aliphatic imine (C=N–C) groups is 1. The van der Waals surface area contributed by atoms with E-state index >= 15 is 0 Å². The summed E-state index contributed by atoms with van der Waals surface area (Å²) in [6, 6.07) is 58.8. The highest BCUT2D eigenvalue weighted by molar-refractivity contribution is 7.99. The van der Waals surface area contributed by atoms with Crippen molar-refractivity contribution >= 4 is 33.9 Å². The Morgan fingerprint density at radius 2 is 1.28 bits per heavy atom. The van der Waals surface area contributed by atoms with Crippen molar-refractivity contribution in [2.75, 3.05) is 0 Å². The second kappa shape index (κ2) is 12.1. The SMILES string of the molecule is CC1=NC(c2ccc3c(c2)C2(c4ccccc4S3)c3ccccc3-c3c(-c4ccncc4C)cccc32)=CC2(c3ccc(-c4cccc5ccccc45)cc3)N[C@H]12. The van der Waals surface area contributed by atoms with Gasteiger partial charge in [-0.2, -0.15) is 0 Å². The number of fused-ring (bicyclic) bond motifs is 11. The second-order valence-electron chi connectivity index (χ2n) is 15.9. The van der Waals surface area contributed by atoms with Crippen molar-refractivity contribution in [1.29, 1.82) is 0 Å². The zero-order valence-electron chi connectivity index (χ0n) is 31.6. The van der Waals surface area contributed by atoms with Crippen molar-refractivity contribution in [2.45, 2.75) is 40.6 Å². The Kier molecular flexibility index (Phi) is 6.97. The molecular formula is C53H37N3S. The molecule has 8 aromatic rings. The van der Waals surface area contributed by atoms with E-state index in [9.17, 15) is 0 Å². The molecular weight excluding hydrogens is 711 g/mol. The topological polar surface area (TPSA) is 47.2 Å². The maximum atomic E-state index is 5.31. The lowest BCUT2D eigenvalue weighted by Crippen LogP contribution is -2.32. The molecule has 0 radical (unpaired) electrons. The predicted octanol–water partition coefficient (Wildman–Crippen LogP) is 12.4. The van der Waals surface area contributed by atoms with Crippen LogP contribution in [0.15, 0.2) is 191 Å². The van der Waals surface area contributed by atoms with Crippen LogP contribution in [0, 0.1) is 6.92 Å². The van der Waals surface area contributed by atoms with Gasteiger partial charge in [0.25, 0.3) is 0 Å². The standard InChI is InChI=1S/C53H37N3S/c1-32-31-54-28-27-38(32)41-16-10-19-45-50(41)42-14-5-6-17-43(42)53(45)44-18-7-8-20-48(44)57-49-26-23-36(29-46(49)53)47-30-52(51(56-52)33(2)55-47)37-24-21-35(22-25-37)40-15-9-12-34-11-3-4-13-39(34)40/h3-31,51,56H,1-2H3/t51-,52?,53?/m1/s1. The van der Waals surface area contributed by atoms with E-state index in [0.717, 1.165) is 17.0 Å². The van der Waals surface area contributed by atoms with Crippen molar-refractivity contribution in [3.8, 4) is 33.4 Å². The Labute approximate surface area is 336 Å². The van der Waals surface area contributed by atoms with Crippen LogP contribution in [0.25, 0.3) is 49.9 Å². The number of pyridine rings is 1. The Balaban J connectivity index is 1.02. The van der Waals surface area contributed by atoms with E-state index in [1.807, 2.05) is 24.2 Å². The summed E-state index contributed by atoms with van der Waals surface area (Å²) in [5, 5.41) is 6.40. The normalized spacial score (nSPS) is 20.8. The maximum absolute atomic E-state index is 5.31. The van der Waals surface area contributed by atoms with Gasteiger partial charge in [0.1, 0.15) is 0 Å². The largest absolute Gasteiger partial charge is 0.292 e. The van der Waals surface area contributed by atoms with E-state index in [2.05, 4.69) is 188 Å². The van der Waals surface area contributed by atoms with Gasteiger partial charge in [-0.25, -0.2) is 0 Å². The van der Waals surface area contributed by atoms with Crippen LogP contribution in [0.4, 0.5) is 0 Å². The number of rotatable bonds is 4. The average molecular weight is 748 g/mol. The molecule has 1 N–H and O–H groups in total. The Bertz CT molecular complexity index is 3060. The quantitative estimate of drug-likeness (QED) is 0.182. The highest BCUT2D eigenvalue weighted by atomic mass is 32.2. The fraction of sp³-hybridized carbons (Fsp3) is 0.0943. The molecule has 0 bridgehead atoms. The van der Waals surface area contributed by atoms with E-state index in [1.165, 1.54) is 87.3 Å². The molecule has 0 saturated carbocycles. The molecule has 57 heavy (non-hydrogen) atoms.